The Morgan fingerprint density at radius 1 is 1.12 bits per heavy atom. The summed E-state index contributed by atoms with van der Waals surface area (Å²) in [4.78, 5) is 0. The Bertz CT molecular complexity index is 396. The molecule has 1 rings (SSSR count). The van der Waals surface area contributed by atoms with Crippen LogP contribution in [0.3, 0.4) is 0 Å². The summed E-state index contributed by atoms with van der Waals surface area (Å²) in [7, 11) is -2.50. The lowest BCUT2D eigenvalue weighted by Gasteiger charge is -1.98. The van der Waals surface area contributed by atoms with Crippen LogP contribution in [0, 0.1) is 0 Å². The topological polar surface area (TPSA) is 35.5 Å². The van der Waals surface area contributed by atoms with Gasteiger partial charge in [-0.15, -0.1) is 0 Å². The zero-order valence-corrected chi connectivity index (χ0v) is 9.71. The Balaban J connectivity index is 2.34. The minimum atomic E-state index is -2.50. The number of benzene rings is 1. The molecule has 4 heteroatoms. The second kappa shape index (κ2) is 7.55. The van der Waals surface area contributed by atoms with Gasteiger partial charge in [0.25, 0.3) is 0 Å². The van der Waals surface area contributed by atoms with Crippen molar-refractivity contribution >= 4 is 14.3 Å². The average molecular weight is 236 g/mol. The summed E-state index contributed by atoms with van der Waals surface area (Å²) < 4.78 is 20.7. The average Bonchev–Trinajstić information content (AvgIpc) is 2.31. The van der Waals surface area contributed by atoms with Gasteiger partial charge in [0.2, 0.25) is 0 Å². The Kier molecular flexibility index (Phi) is 5.82. The van der Waals surface area contributed by atoms with E-state index in [2.05, 4.69) is 6.58 Å². The maximum Gasteiger partial charge on any atom is 0.417 e. The third kappa shape index (κ3) is 5.23. The van der Waals surface area contributed by atoms with Crippen molar-refractivity contribution in [3.05, 3.63) is 67.2 Å². The van der Waals surface area contributed by atoms with E-state index in [4.69, 9.17) is 9.05 Å². The fraction of sp³-hybridized carbons (Fsp3) is 0. The highest BCUT2D eigenvalue weighted by atomic mass is 31.1. The van der Waals surface area contributed by atoms with Gasteiger partial charge in [0.15, 0.2) is 0 Å². The first-order chi connectivity index (χ1) is 7.83. The van der Waals surface area contributed by atoms with Crippen LogP contribution in [-0.2, 0) is 13.6 Å². The molecule has 0 saturated carbocycles. The zero-order chi connectivity index (χ0) is 11.6. The van der Waals surface area contributed by atoms with Crippen molar-refractivity contribution in [3.8, 4) is 0 Å². The minimum absolute atomic E-state index is 0.971. The van der Waals surface area contributed by atoms with Gasteiger partial charge >= 0.3 is 8.25 Å². The van der Waals surface area contributed by atoms with E-state index in [0.717, 1.165) is 5.56 Å². The molecule has 0 aromatic heterocycles. The molecule has 0 aliphatic rings. The van der Waals surface area contributed by atoms with Gasteiger partial charge in [0, 0.05) is 0 Å². The fourth-order valence-electron chi connectivity index (χ4n) is 0.910. The first kappa shape index (κ1) is 12.3. The lowest BCUT2D eigenvalue weighted by molar-refractivity contribution is 0.357. The third-order valence-electron chi connectivity index (χ3n) is 1.60. The molecule has 0 aliphatic carbocycles. The molecular formula is C12H13O3P. The first-order valence-electron chi connectivity index (χ1n) is 4.69. The van der Waals surface area contributed by atoms with Crippen molar-refractivity contribution in [3.63, 3.8) is 0 Å². The Morgan fingerprint density at radius 2 is 1.81 bits per heavy atom. The van der Waals surface area contributed by atoms with Gasteiger partial charge in [-0.3, -0.25) is 0 Å². The van der Waals surface area contributed by atoms with E-state index >= 15 is 0 Å². The van der Waals surface area contributed by atoms with Gasteiger partial charge in [-0.05, 0) is 17.7 Å². The summed E-state index contributed by atoms with van der Waals surface area (Å²) in [6.07, 6.45) is 7.41. The van der Waals surface area contributed by atoms with Gasteiger partial charge in [-0.2, -0.15) is 0 Å². The number of rotatable bonds is 6. The second-order valence-corrected chi connectivity index (χ2v) is 3.73. The number of allylic oxidation sites excluding steroid dienone is 2. The van der Waals surface area contributed by atoms with Crippen molar-refractivity contribution in [1.29, 1.82) is 0 Å². The molecule has 0 amide bonds. The largest absolute Gasteiger partial charge is 0.426 e. The molecule has 0 saturated heterocycles. The molecule has 0 fully saturated rings. The Labute approximate surface area is 95.7 Å². The van der Waals surface area contributed by atoms with Gasteiger partial charge in [-0.1, -0.05) is 43.0 Å². The highest BCUT2D eigenvalue weighted by Gasteiger charge is 1.91. The minimum Gasteiger partial charge on any atom is -0.426 e. The van der Waals surface area contributed by atoms with Gasteiger partial charge in [-0.25, -0.2) is 4.57 Å². The van der Waals surface area contributed by atoms with E-state index < -0.39 is 8.25 Å². The highest BCUT2D eigenvalue weighted by Crippen LogP contribution is 2.24. The maximum absolute atomic E-state index is 11.1. The molecule has 1 aromatic carbocycles. The molecule has 84 valence electrons. The Hall–Kier alpha value is -1.73. The van der Waals surface area contributed by atoms with Crippen molar-refractivity contribution in [1.82, 2.24) is 0 Å². The SMILES string of the molecule is C=CC=CO[PH](=O)OC=Cc1ccccc1. The van der Waals surface area contributed by atoms with Crippen LogP contribution in [0.25, 0.3) is 6.08 Å². The van der Waals surface area contributed by atoms with Crippen molar-refractivity contribution in [2.24, 2.45) is 0 Å². The molecule has 1 aromatic rings. The lowest BCUT2D eigenvalue weighted by atomic mass is 10.2. The number of hydrogen-bond donors (Lipinski definition) is 0. The summed E-state index contributed by atoms with van der Waals surface area (Å²) in [6, 6.07) is 9.56. The monoisotopic (exact) mass is 236 g/mol. The smallest absolute Gasteiger partial charge is 0.417 e. The van der Waals surface area contributed by atoms with E-state index in [9.17, 15) is 4.57 Å². The molecule has 0 radical (unpaired) electrons. The van der Waals surface area contributed by atoms with Crippen LogP contribution in [0.15, 0.2) is 61.6 Å². The van der Waals surface area contributed by atoms with Crippen LogP contribution in [0.2, 0.25) is 0 Å². The molecule has 0 aliphatic heterocycles. The molecule has 1 unspecified atom stereocenters. The van der Waals surface area contributed by atoms with E-state index in [1.807, 2.05) is 30.3 Å². The van der Waals surface area contributed by atoms with E-state index in [-0.39, 0.29) is 0 Å². The van der Waals surface area contributed by atoms with Crippen LogP contribution in [-0.4, -0.2) is 0 Å². The molecule has 0 spiro atoms. The maximum atomic E-state index is 11.1. The molecule has 1 atom stereocenters. The summed E-state index contributed by atoms with van der Waals surface area (Å²) in [5.74, 6) is 0. The molecule has 0 heterocycles. The molecular weight excluding hydrogens is 223 g/mol. The van der Waals surface area contributed by atoms with Crippen LogP contribution < -0.4 is 0 Å². The molecule has 3 nitrogen and oxygen atoms in total. The first-order valence-corrected chi connectivity index (χ1v) is 5.92. The lowest BCUT2D eigenvalue weighted by Crippen LogP contribution is -1.71. The summed E-state index contributed by atoms with van der Waals surface area (Å²) in [5, 5.41) is 0. The summed E-state index contributed by atoms with van der Waals surface area (Å²) in [6.45, 7) is 3.45. The van der Waals surface area contributed by atoms with Gasteiger partial charge in [0.05, 0.1) is 12.5 Å². The van der Waals surface area contributed by atoms with Crippen LogP contribution in [0.1, 0.15) is 5.56 Å². The summed E-state index contributed by atoms with van der Waals surface area (Å²) >= 11 is 0. The van der Waals surface area contributed by atoms with Crippen molar-refractivity contribution in [2.45, 2.75) is 0 Å². The van der Waals surface area contributed by atoms with Crippen LogP contribution in [0.5, 0.6) is 0 Å². The van der Waals surface area contributed by atoms with Crippen molar-refractivity contribution < 1.29 is 13.6 Å². The Morgan fingerprint density at radius 3 is 2.50 bits per heavy atom. The normalized spacial score (nSPS) is 12.8. The number of hydrogen-bond acceptors (Lipinski definition) is 3. The van der Waals surface area contributed by atoms with E-state index in [1.54, 1.807) is 6.08 Å². The third-order valence-corrected chi connectivity index (χ3v) is 2.26. The predicted octanol–water partition coefficient (Wildman–Crippen LogP) is 3.78. The standard InChI is InChI=1S/C12H13O3P/c1-2-3-10-14-16(13)15-11-9-12-7-5-4-6-8-12/h2-11,16H,1H2. The highest BCUT2D eigenvalue weighted by molar-refractivity contribution is 7.33. The van der Waals surface area contributed by atoms with E-state index in [0.29, 0.717) is 0 Å². The molecule has 0 bridgehead atoms. The van der Waals surface area contributed by atoms with Crippen molar-refractivity contribution in [2.75, 3.05) is 0 Å². The fourth-order valence-corrected chi connectivity index (χ4v) is 1.33. The quantitative estimate of drug-likeness (QED) is 0.428. The second-order valence-electron chi connectivity index (χ2n) is 2.76. The van der Waals surface area contributed by atoms with Gasteiger partial charge in [0.1, 0.15) is 0 Å². The van der Waals surface area contributed by atoms with Crippen LogP contribution >= 0.6 is 8.25 Å². The molecule has 16 heavy (non-hydrogen) atoms. The summed E-state index contributed by atoms with van der Waals surface area (Å²) in [5.41, 5.74) is 0.971. The molecule has 0 N–H and O–H groups in total. The van der Waals surface area contributed by atoms with E-state index in [1.165, 1.54) is 24.7 Å². The van der Waals surface area contributed by atoms with Gasteiger partial charge < -0.3 is 9.05 Å². The predicted molar refractivity (Wildman–Crippen MR) is 66.0 cm³/mol. The van der Waals surface area contributed by atoms with Crippen LogP contribution in [0.4, 0.5) is 0 Å². The zero-order valence-electron chi connectivity index (χ0n) is 8.71.